The van der Waals surface area contributed by atoms with Crippen molar-refractivity contribution in [3.8, 4) is 0 Å². The van der Waals surface area contributed by atoms with Crippen LogP contribution in [0.2, 0.25) is 0 Å². The van der Waals surface area contributed by atoms with E-state index in [2.05, 4.69) is 5.73 Å². The Hall–Kier alpha value is -2.09. The first kappa shape index (κ1) is 15.3. The Morgan fingerprint density at radius 3 is 2.00 bits per heavy atom. The van der Waals surface area contributed by atoms with Gasteiger partial charge in [-0.2, -0.15) is 0 Å². The highest BCUT2D eigenvalue weighted by Gasteiger charge is 2.21. The molecule has 2 nitrogen and oxygen atoms in total. The zero-order valence-corrected chi connectivity index (χ0v) is 13.0. The van der Waals surface area contributed by atoms with Gasteiger partial charge in [-0.05, 0) is 31.1 Å². The van der Waals surface area contributed by atoms with E-state index in [1.165, 1.54) is 0 Å². The maximum atomic E-state index is 12.9. The highest BCUT2D eigenvalue weighted by molar-refractivity contribution is 8.00. The Kier molecular flexibility index (Phi) is 4.79. The molecule has 0 aliphatic rings. The number of hydrogen-bond acceptors (Lipinski definition) is 2. The molecule has 0 N–H and O–H groups in total. The molecule has 108 valence electrons. The fraction of sp³-hybridized carbons (Fsp3) is 0.167. The Balaban J connectivity index is 2.71. The normalized spacial score (nSPS) is 10.8. The van der Waals surface area contributed by atoms with E-state index in [1.54, 1.807) is 42.5 Å². The summed E-state index contributed by atoms with van der Waals surface area (Å²) in [5.74, 6) is 0. The van der Waals surface area contributed by atoms with Gasteiger partial charge in [0.25, 0.3) is 0 Å². The minimum atomic E-state index is -3.57. The van der Waals surface area contributed by atoms with Gasteiger partial charge in [0.1, 0.15) is 4.91 Å². The van der Waals surface area contributed by atoms with E-state index in [0.717, 1.165) is 12.0 Å². The Labute approximate surface area is 126 Å². The summed E-state index contributed by atoms with van der Waals surface area (Å²) in [7, 11) is -3.57. The topological polar surface area (TPSA) is 34.1 Å². The zero-order chi connectivity index (χ0) is 15.3. The van der Waals surface area contributed by atoms with Crippen LogP contribution in [0.25, 0.3) is 4.91 Å². The van der Waals surface area contributed by atoms with Crippen molar-refractivity contribution in [2.75, 3.05) is 0 Å². The van der Waals surface area contributed by atoms with Crippen LogP contribution in [0, 0.1) is 0 Å². The lowest BCUT2D eigenvalue weighted by atomic mass is 10.2. The van der Waals surface area contributed by atoms with Gasteiger partial charge in [0.15, 0.2) is 0 Å². The minimum Gasteiger partial charge on any atom is -0.218 e. The average molecular weight is 298 g/mol. The van der Waals surface area contributed by atoms with Gasteiger partial charge in [0.2, 0.25) is 9.84 Å². The predicted octanol–water partition coefficient (Wildman–Crippen LogP) is 4.46. The van der Waals surface area contributed by atoms with Gasteiger partial charge < -0.3 is 0 Å². The van der Waals surface area contributed by atoms with Gasteiger partial charge in [-0.1, -0.05) is 55.5 Å². The van der Waals surface area contributed by atoms with Crippen LogP contribution in [0.3, 0.4) is 0 Å². The first-order valence-electron chi connectivity index (χ1n) is 6.87. The molecule has 0 aromatic heterocycles. The van der Waals surface area contributed by atoms with Gasteiger partial charge in [-0.3, -0.25) is 0 Å². The van der Waals surface area contributed by atoms with Crippen molar-refractivity contribution in [1.82, 2.24) is 0 Å². The van der Waals surface area contributed by atoms with Gasteiger partial charge in [0, 0.05) is 5.56 Å². The van der Waals surface area contributed by atoms with Crippen LogP contribution in [0.1, 0.15) is 25.8 Å². The average Bonchev–Trinajstić information content (AvgIpc) is 2.53. The van der Waals surface area contributed by atoms with Gasteiger partial charge in [-0.15, -0.1) is 5.73 Å². The lowest BCUT2D eigenvalue weighted by Crippen LogP contribution is -2.03. The third kappa shape index (κ3) is 3.52. The lowest BCUT2D eigenvalue weighted by molar-refractivity contribution is 0.606. The van der Waals surface area contributed by atoms with E-state index in [0.29, 0.717) is 10.5 Å². The summed E-state index contributed by atoms with van der Waals surface area (Å²) in [6, 6.07) is 17.6. The predicted molar refractivity (Wildman–Crippen MR) is 86.5 cm³/mol. The van der Waals surface area contributed by atoms with Gasteiger partial charge in [-0.25, -0.2) is 8.42 Å². The first-order chi connectivity index (χ1) is 10.1. The largest absolute Gasteiger partial charge is 0.218 e. The van der Waals surface area contributed by atoms with Crippen molar-refractivity contribution < 1.29 is 8.42 Å². The summed E-state index contributed by atoms with van der Waals surface area (Å²) in [4.78, 5) is 0.522. The third-order valence-electron chi connectivity index (χ3n) is 3.22. The Bertz CT molecular complexity index is 766. The van der Waals surface area contributed by atoms with Crippen LogP contribution in [0.5, 0.6) is 0 Å². The van der Waals surface area contributed by atoms with Crippen LogP contribution < -0.4 is 0 Å². The van der Waals surface area contributed by atoms with Gasteiger partial charge in [0.05, 0.1) is 4.90 Å². The van der Waals surface area contributed by atoms with Crippen molar-refractivity contribution >= 4 is 14.7 Å². The van der Waals surface area contributed by atoms with Crippen molar-refractivity contribution in [1.29, 1.82) is 0 Å². The molecular weight excluding hydrogens is 280 g/mol. The standard InChI is InChI=1S/C18H18O2S/c1-3-15(2)14-18(16-10-6-4-7-11-16)21(19,20)17-12-8-5-9-13-17/h4-13H,3H2,1-2H3. The molecule has 2 aromatic carbocycles. The van der Waals surface area contributed by atoms with Crippen LogP contribution in [-0.4, -0.2) is 8.42 Å². The molecule has 2 aromatic rings. The number of benzene rings is 2. The summed E-state index contributed by atoms with van der Waals surface area (Å²) in [6.07, 6.45) is 0.765. The molecule has 0 atom stereocenters. The monoisotopic (exact) mass is 298 g/mol. The fourth-order valence-corrected chi connectivity index (χ4v) is 3.39. The van der Waals surface area contributed by atoms with Crippen molar-refractivity contribution in [2.45, 2.75) is 25.2 Å². The number of rotatable bonds is 4. The van der Waals surface area contributed by atoms with Gasteiger partial charge >= 0.3 is 0 Å². The molecule has 0 bridgehead atoms. The Morgan fingerprint density at radius 2 is 1.48 bits per heavy atom. The fourth-order valence-electron chi connectivity index (χ4n) is 1.88. The molecule has 0 saturated carbocycles. The second kappa shape index (κ2) is 6.57. The SMILES string of the molecule is CCC(C)=C=C(c1ccccc1)S(=O)(=O)c1ccccc1. The molecular formula is C18H18O2S. The van der Waals surface area contributed by atoms with Crippen LogP contribution >= 0.6 is 0 Å². The lowest BCUT2D eigenvalue weighted by Gasteiger charge is -2.08. The Morgan fingerprint density at radius 1 is 0.952 bits per heavy atom. The zero-order valence-electron chi connectivity index (χ0n) is 12.2. The van der Waals surface area contributed by atoms with Crippen LogP contribution in [-0.2, 0) is 9.84 Å². The number of sulfone groups is 1. The molecule has 0 amide bonds. The molecule has 0 spiro atoms. The molecule has 2 rings (SSSR count). The smallest absolute Gasteiger partial charge is 0.214 e. The number of hydrogen-bond donors (Lipinski definition) is 0. The minimum absolute atomic E-state index is 0.230. The molecule has 3 heteroatoms. The molecule has 0 saturated heterocycles. The summed E-state index contributed by atoms with van der Waals surface area (Å²) >= 11 is 0. The highest BCUT2D eigenvalue weighted by atomic mass is 32.2. The summed E-state index contributed by atoms with van der Waals surface area (Å²) in [5, 5.41) is 0. The van der Waals surface area contributed by atoms with Crippen LogP contribution in [0.15, 0.2) is 76.9 Å². The second-order valence-corrected chi connectivity index (χ2v) is 6.66. The van der Waals surface area contributed by atoms with Crippen molar-refractivity contribution in [3.05, 3.63) is 77.5 Å². The first-order valence-corrected chi connectivity index (χ1v) is 8.36. The van der Waals surface area contributed by atoms with E-state index in [-0.39, 0.29) is 4.91 Å². The maximum absolute atomic E-state index is 12.9. The van der Waals surface area contributed by atoms with E-state index >= 15 is 0 Å². The van der Waals surface area contributed by atoms with E-state index in [9.17, 15) is 8.42 Å². The molecule has 0 fully saturated rings. The second-order valence-electron chi connectivity index (χ2n) is 4.77. The molecule has 0 radical (unpaired) electrons. The van der Waals surface area contributed by atoms with Crippen molar-refractivity contribution in [2.24, 2.45) is 0 Å². The molecule has 0 unspecified atom stereocenters. The highest BCUT2D eigenvalue weighted by Crippen LogP contribution is 2.27. The quantitative estimate of drug-likeness (QED) is 0.781. The van der Waals surface area contributed by atoms with Crippen molar-refractivity contribution in [3.63, 3.8) is 0 Å². The van der Waals surface area contributed by atoms with E-state index in [4.69, 9.17) is 0 Å². The molecule has 21 heavy (non-hydrogen) atoms. The van der Waals surface area contributed by atoms with E-state index < -0.39 is 9.84 Å². The molecule has 0 aliphatic carbocycles. The number of allylic oxidation sites excluding steroid dienone is 1. The summed E-state index contributed by atoms with van der Waals surface area (Å²) in [5.41, 5.74) is 4.64. The summed E-state index contributed by atoms with van der Waals surface area (Å²) in [6.45, 7) is 3.88. The van der Waals surface area contributed by atoms with Crippen LogP contribution in [0.4, 0.5) is 0 Å². The maximum Gasteiger partial charge on any atom is 0.214 e. The summed E-state index contributed by atoms with van der Waals surface area (Å²) < 4.78 is 25.7. The molecule has 0 aliphatic heterocycles. The van der Waals surface area contributed by atoms with E-state index in [1.807, 2.05) is 32.0 Å². The molecule has 0 heterocycles. The third-order valence-corrected chi connectivity index (χ3v) is 4.98.